The number of pyridine rings is 1. The van der Waals surface area contributed by atoms with E-state index in [1.54, 1.807) is 44.4 Å². The van der Waals surface area contributed by atoms with Gasteiger partial charge < -0.3 is 20.2 Å². The van der Waals surface area contributed by atoms with Crippen molar-refractivity contribution in [1.82, 2.24) is 10.3 Å². The molecule has 2 heterocycles. The van der Waals surface area contributed by atoms with E-state index in [2.05, 4.69) is 15.6 Å². The zero-order chi connectivity index (χ0) is 18.0. The third-order valence-electron chi connectivity index (χ3n) is 3.64. The van der Waals surface area contributed by atoms with E-state index in [1.165, 1.54) is 6.07 Å². The predicted octanol–water partition coefficient (Wildman–Crippen LogP) is 3.13. The van der Waals surface area contributed by atoms with Crippen molar-refractivity contribution in [2.75, 3.05) is 11.9 Å². The highest BCUT2D eigenvalue weighted by Gasteiger charge is 2.22. The highest BCUT2D eigenvalue weighted by atomic mass is 19.1. The van der Waals surface area contributed by atoms with Crippen LogP contribution in [-0.2, 0) is 0 Å². The number of carbonyl (C=O) groups is 1. The average Bonchev–Trinajstić information content (AvgIpc) is 2.94. The van der Waals surface area contributed by atoms with E-state index in [4.69, 9.17) is 4.42 Å². The Labute approximate surface area is 143 Å². The molecule has 7 heteroatoms. The van der Waals surface area contributed by atoms with Gasteiger partial charge in [-0.05, 0) is 37.6 Å². The third-order valence-corrected chi connectivity index (χ3v) is 3.64. The van der Waals surface area contributed by atoms with Crippen LogP contribution in [0, 0.1) is 12.7 Å². The van der Waals surface area contributed by atoms with E-state index in [-0.39, 0.29) is 18.0 Å². The number of amides is 1. The largest absolute Gasteiger partial charge is 0.448 e. The van der Waals surface area contributed by atoms with E-state index in [9.17, 15) is 14.3 Å². The number of nitrogens with one attached hydrogen (secondary N) is 2. The number of aromatic nitrogens is 1. The molecule has 3 aromatic rings. The maximum absolute atomic E-state index is 14.2. The molecule has 0 bridgehead atoms. The molecule has 3 N–H and O–H groups in total. The second-order valence-corrected chi connectivity index (χ2v) is 5.85. The summed E-state index contributed by atoms with van der Waals surface area (Å²) in [5, 5.41) is 15.4. The lowest BCUT2D eigenvalue weighted by Gasteiger charge is -2.10. The molecule has 0 aliphatic carbocycles. The first-order valence-electron chi connectivity index (χ1n) is 7.81. The Balaban J connectivity index is 2.02. The van der Waals surface area contributed by atoms with Crippen molar-refractivity contribution >= 4 is 28.3 Å². The first-order chi connectivity index (χ1) is 12.0. The molecule has 6 nitrogen and oxygen atoms in total. The van der Waals surface area contributed by atoms with Crippen LogP contribution in [-0.4, -0.2) is 28.6 Å². The quantitative estimate of drug-likeness (QED) is 0.662. The highest BCUT2D eigenvalue weighted by molar-refractivity contribution is 6.07. The van der Waals surface area contributed by atoms with E-state index >= 15 is 0 Å². The van der Waals surface area contributed by atoms with Crippen molar-refractivity contribution in [3.63, 3.8) is 0 Å². The number of carbonyl (C=O) groups excluding carboxylic acids is 1. The van der Waals surface area contributed by atoms with Crippen LogP contribution >= 0.6 is 0 Å². The lowest BCUT2D eigenvalue weighted by molar-refractivity contribution is 0.0900. The van der Waals surface area contributed by atoms with Crippen LogP contribution in [0.1, 0.15) is 23.0 Å². The van der Waals surface area contributed by atoms with Gasteiger partial charge in [0.2, 0.25) is 5.76 Å². The number of fused-ring (bicyclic) bond motifs is 1. The summed E-state index contributed by atoms with van der Waals surface area (Å²) in [7, 11) is 0. The summed E-state index contributed by atoms with van der Waals surface area (Å²) in [6.07, 6.45) is 2.39. The molecule has 0 spiro atoms. The van der Waals surface area contributed by atoms with E-state index < -0.39 is 17.8 Å². The predicted molar refractivity (Wildman–Crippen MR) is 92.4 cm³/mol. The fourth-order valence-corrected chi connectivity index (χ4v) is 2.40. The summed E-state index contributed by atoms with van der Waals surface area (Å²) < 4.78 is 19.8. The minimum Gasteiger partial charge on any atom is -0.448 e. The monoisotopic (exact) mass is 343 g/mol. The molecule has 1 amide bonds. The van der Waals surface area contributed by atoms with Crippen LogP contribution in [0.5, 0.6) is 0 Å². The van der Waals surface area contributed by atoms with Gasteiger partial charge in [0, 0.05) is 18.9 Å². The third kappa shape index (κ3) is 3.61. The standard InChI is InChI=1S/C18H18FN3O3/c1-10-3-4-14(13(19)7-10)22-16-12-9-20-6-5-15(12)25-17(16)18(24)21-8-11(2)23/h3-7,9,11,22-23H,8H2,1-2H3,(H,21,24). The lowest BCUT2D eigenvalue weighted by Crippen LogP contribution is -2.30. The number of nitrogens with zero attached hydrogens (tertiary/aromatic N) is 1. The molecule has 1 aromatic carbocycles. The number of hydrogen-bond donors (Lipinski definition) is 3. The minimum atomic E-state index is -0.694. The van der Waals surface area contributed by atoms with Gasteiger partial charge in [-0.2, -0.15) is 0 Å². The second kappa shape index (κ2) is 6.90. The van der Waals surface area contributed by atoms with E-state index in [0.717, 1.165) is 5.56 Å². The Hall–Kier alpha value is -2.93. The molecule has 0 aliphatic heterocycles. The fourth-order valence-electron chi connectivity index (χ4n) is 2.40. The molecule has 130 valence electrons. The van der Waals surface area contributed by atoms with E-state index in [0.29, 0.717) is 16.7 Å². The summed E-state index contributed by atoms with van der Waals surface area (Å²) in [6, 6.07) is 6.38. The van der Waals surface area contributed by atoms with Gasteiger partial charge in [0.05, 0.1) is 17.2 Å². The summed E-state index contributed by atoms with van der Waals surface area (Å²) in [6.45, 7) is 3.43. The SMILES string of the molecule is Cc1ccc(Nc2c(C(=O)NCC(C)O)oc3ccncc23)c(F)c1. The van der Waals surface area contributed by atoms with Crippen LogP contribution in [0.2, 0.25) is 0 Å². The second-order valence-electron chi connectivity index (χ2n) is 5.85. The number of halogens is 1. The Bertz CT molecular complexity index is 921. The summed E-state index contributed by atoms with van der Waals surface area (Å²) in [5.41, 5.74) is 1.79. The number of aryl methyl sites for hydroxylation is 1. The Morgan fingerprint density at radius 1 is 1.40 bits per heavy atom. The molecule has 2 aromatic heterocycles. The number of furan rings is 1. The molecule has 1 atom stereocenters. The van der Waals surface area contributed by atoms with Crippen LogP contribution in [0.4, 0.5) is 15.8 Å². The van der Waals surface area contributed by atoms with Gasteiger partial charge in [-0.25, -0.2) is 4.39 Å². The molecule has 0 radical (unpaired) electrons. The molecule has 3 rings (SSSR count). The fraction of sp³-hybridized carbons (Fsp3) is 0.222. The van der Waals surface area contributed by atoms with Crippen molar-refractivity contribution in [3.05, 3.63) is 53.8 Å². The molecular weight excluding hydrogens is 325 g/mol. The van der Waals surface area contributed by atoms with Crippen molar-refractivity contribution in [2.45, 2.75) is 20.0 Å². The highest BCUT2D eigenvalue weighted by Crippen LogP contribution is 2.33. The van der Waals surface area contributed by atoms with Crippen molar-refractivity contribution in [2.24, 2.45) is 0 Å². The van der Waals surface area contributed by atoms with Gasteiger partial charge in [0.1, 0.15) is 17.1 Å². The summed E-state index contributed by atoms with van der Waals surface area (Å²) in [5.74, 6) is -0.940. The van der Waals surface area contributed by atoms with Gasteiger partial charge in [0.15, 0.2) is 0 Å². The van der Waals surface area contributed by atoms with Crippen LogP contribution in [0.3, 0.4) is 0 Å². The minimum absolute atomic E-state index is 0.00336. The molecule has 0 aliphatic rings. The van der Waals surface area contributed by atoms with Gasteiger partial charge >= 0.3 is 0 Å². The number of benzene rings is 1. The maximum atomic E-state index is 14.2. The first kappa shape index (κ1) is 16.9. The Morgan fingerprint density at radius 3 is 2.92 bits per heavy atom. The number of anilines is 2. The number of rotatable bonds is 5. The topological polar surface area (TPSA) is 87.4 Å². The Kier molecular flexibility index (Phi) is 4.67. The number of hydrogen-bond acceptors (Lipinski definition) is 5. The lowest BCUT2D eigenvalue weighted by atomic mass is 10.2. The summed E-state index contributed by atoms with van der Waals surface area (Å²) >= 11 is 0. The van der Waals surface area contributed by atoms with Crippen LogP contribution in [0.25, 0.3) is 11.0 Å². The summed E-state index contributed by atoms with van der Waals surface area (Å²) in [4.78, 5) is 16.4. The molecule has 0 fully saturated rings. The Morgan fingerprint density at radius 2 is 2.20 bits per heavy atom. The first-order valence-corrected chi connectivity index (χ1v) is 7.81. The van der Waals surface area contributed by atoms with E-state index in [1.807, 2.05) is 0 Å². The smallest absolute Gasteiger partial charge is 0.289 e. The van der Waals surface area contributed by atoms with Gasteiger partial charge in [0.25, 0.3) is 5.91 Å². The zero-order valence-electron chi connectivity index (χ0n) is 13.8. The van der Waals surface area contributed by atoms with Crippen molar-refractivity contribution < 1.29 is 18.7 Å². The molecule has 1 unspecified atom stereocenters. The average molecular weight is 343 g/mol. The van der Waals surface area contributed by atoms with Gasteiger partial charge in [-0.15, -0.1) is 0 Å². The molecule has 25 heavy (non-hydrogen) atoms. The van der Waals surface area contributed by atoms with Crippen LogP contribution in [0.15, 0.2) is 41.1 Å². The van der Waals surface area contributed by atoms with Gasteiger partial charge in [-0.3, -0.25) is 9.78 Å². The zero-order valence-corrected chi connectivity index (χ0v) is 13.8. The van der Waals surface area contributed by atoms with Crippen molar-refractivity contribution in [3.8, 4) is 0 Å². The van der Waals surface area contributed by atoms with Crippen molar-refractivity contribution in [1.29, 1.82) is 0 Å². The number of aliphatic hydroxyl groups excluding tert-OH is 1. The van der Waals surface area contributed by atoms with Crippen LogP contribution < -0.4 is 10.6 Å². The molecular formula is C18H18FN3O3. The number of aliphatic hydroxyl groups is 1. The maximum Gasteiger partial charge on any atom is 0.289 e. The normalized spacial score (nSPS) is 12.2. The molecule has 0 saturated carbocycles. The van der Waals surface area contributed by atoms with Gasteiger partial charge in [-0.1, -0.05) is 6.07 Å². The molecule has 0 saturated heterocycles.